The van der Waals surface area contributed by atoms with Gasteiger partial charge in [-0.2, -0.15) is 0 Å². The number of ether oxygens (including phenoxy) is 2. The van der Waals surface area contributed by atoms with Crippen LogP contribution in [0.4, 0.5) is 0 Å². The average molecular weight is 274 g/mol. The number of hydrogen-bond acceptors (Lipinski definition) is 5. The summed E-state index contributed by atoms with van der Waals surface area (Å²) in [7, 11) is 0. The number of aliphatic hydroxyl groups is 1. The lowest BCUT2D eigenvalue weighted by molar-refractivity contribution is -0.149. The zero-order chi connectivity index (χ0) is 14.1. The maximum absolute atomic E-state index is 11.8. The fraction of sp³-hybridized carbons (Fsp3) is 0.846. The molecule has 2 atom stereocenters. The first kappa shape index (κ1) is 15.9. The summed E-state index contributed by atoms with van der Waals surface area (Å²) in [5, 5.41) is 17.3. The van der Waals surface area contributed by atoms with Crippen molar-refractivity contribution in [3.63, 3.8) is 0 Å². The number of epoxide rings is 1. The Morgan fingerprint density at radius 3 is 2.63 bits per heavy atom. The van der Waals surface area contributed by atoms with E-state index in [0.717, 1.165) is 0 Å². The molecular weight excluding hydrogens is 252 g/mol. The third-order valence-corrected chi connectivity index (χ3v) is 3.02. The molecule has 19 heavy (non-hydrogen) atoms. The number of carbonyl (C=O) groups is 2. The third-order valence-electron chi connectivity index (χ3n) is 3.02. The Balaban J connectivity index is 2.16. The van der Waals surface area contributed by atoms with E-state index in [1.54, 1.807) is 0 Å². The van der Waals surface area contributed by atoms with Crippen LogP contribution in [-0.4, -0.2) is 48.1 Å². The van der Waals surface area contributed by atoms with Crippen LogP contribution in [0.3, 0.4) is 0 Å². The molecule has 1 aliphatic rings. The number of carbonyl (C=O) groups excluding carboxylic acids is 1. The summed E-state index contributed by atoms with van der Waals surface area (Å²) in [6, 6.07) is 0. The molecule has 1 saturated heterocycles. The smallest absolute Gasteiger partial charge is 0.309 e. The average Bonchev–Trinajstić information content (AvgIpc) is 3.17. The monoisotopic (exact) mass is 274 g/mol. The molecule has 0 spiro atoms. The molecule has 1 rings (SSSR count). The van der Waals surface area contributed by atoms with Gasteiger partial charge in [0.2, 0.25) is 0 Å². The van der Waals surface area contributed by atoms with Crippen molar-refractivity contribution in [2.24, 2.45) is 5.92 Å². The third kappa shape index (κ3) is 7.79. The molecule has 0 amide bonds. The highest BCUT2D eigenvalue weighted by atomic mass is 16.6. The van der Waals surface area contributed by atoms with Gasteiger partial charge in [-0.1, -0.05) is 0 Å². The Morgan fingerprint density at radius 2 is 2.05 bits per heavy atom. The molecule has 0 radical (unpaired) electrons. The van der Waals surface area contributed by atoms with Crippen molar-refractivity contribution in [3.05, 3.63) is 0 Å². The summed E-state index contributed by atoms with van der Waals surface area (Å²) < 4.78 is 10.2. The van der Waals surface area contributed by atoms with Crippen molar-refractivity contribution in [1.82, 2.24) is 0 Å². The molecule has 0 saturated carbocycles. The van der Waals surface area contributed by atoms with E-state index < -0.39 is 5.97 Å². The van der Waals surface area contributed by atoms with Gasteiger partial charge in [-0.15, -0.1) is 0 Å². The molecular formula is C13H22O6. The zero-order valence-electron chi connectivity index (χ0n) is 11.0. The number of rotatable bonds is 11. The lowest BCUT2D eigenvalue weighted by Gasteiger charge is -2.14. The molecule has 0 aromatic carbocycles. The second kappa shape index (κ2) is 8.87. The van der Waals surface area contributed by atoms with Gasteiger partial charge >= 0.3 is 11.9 Å². The second-order valence-corrected chi connectivity index (χ2v) is 4.77. The van der Waals surface area contributed by atoms with E-state index in [-0.39, 0.29) is 37.6 Å². The molecule has 1 heterocycles. The minimum Gasteiger partial charge on any atom is -0.481 e. The van der Waals surface area contributed by atoms with Crippen LogP contribution < -0.4 is 0 Å². The fourth-order valence-corrected chi connectivity index (χ4v) is 1.86. The van der Waals surface area contributed by atoms with Crippen molar-refractivity contribution in [1.29, 1.82) is 0 Å². The topological polar surface area (TPSA) is 96.4 Å². The zero-order valence-corrected chi connectivity index (χ0v) is 11.0. The van der Waals surface area contributed by atoms with Crippen LogP contribution in [0.1, 0.15) is 38.5 Å². The van der Waals surface area contributed by atoms with Gasteiger partial charge in [0.15, 0.2) is 0 Å². The molecule has 6 nitrogen and oxygen atoms in total. The summed E-state index contributed by atoms with van der Waals surface area (Å²) in [6.45, 7) is 1.02. The summed E-state index contributed by atoms with van der Waals surface area (Å²) in [4.78, 5) is 22.1. The number of aliphatic carboxylic acids is 1. The quantitative estimate of drug-likeness (QED) is 0.331. The normalized spacial score (nSPS) is 18.9. The molecule has 110 valence electrons. The minimum absolute atomic E-state index is 0.0634. The van der Waals surface area contributed by atoms with Gasteiger partial charge in [-0.3, -0.25) is 9.59 Å². The summed E-state index contributed by atoms with van der Waals surface area (Å²) in [5.41, 5.74) is 0. The van der Waals surface area contributed by atoms with Crippen molar-refractivity contribution in [3.8, 4) is 0 Å². The van der Waals surface area contributed by atoms with Crippen LogP contribution in [0.25, 0.3) is 0 Å². The summed E-state index contributed by atoms with van der Waals surface area (Å²) in [6.07, 6.45) is 3.15. The highest BCUT2D eigenvalue weighted by Crippen LogP contribution is 2.24. The number of aliphatic hydroxyl groups excluding tert-OH is 1. The molecule has 0 bridgehead atoms. The molecule has 1 aliphatic heterocycles. The van der Waals surface area contributed by atoms with Crippen LogP contribution in [-0.2, 0) is 19.1 Å². The van der Waals surface area contributed by atoms with E-state index in [4.69, 9.17) is 19.7 Å². The Morgan fingerprint density at radius 1 is 1.32 bits per heavy atom. The predicted molar refractivity (Wildman–Crippen MR) is 66.6 cm³/mol. The summed E-state index contributed by atoms with van der Waals surface area (Å²) in [5.74, 6) is -1.32. The van der Waals surface area contributed by atoms with Gasteiger partial charge in [0.1, 0.15) is 0 Å². The molecule has 2 N–H and O–H groups in total. The Hall–Kier alpha value is -1.14. The van der Waals surface area contributed by atoms with E-state index >= 15 is 0 Å². The van der Waals surface area contributed by atoms with Gasteiger partial charge < -0.3 is 19.7 Å². The highest BCUT2D eigenvalue weighted by Gasteiger charge is 2.30. The molecule has 1 fully saturated rings. The van der Waals surface area contributed by atoms with Gasteiger partial charge in [0.25, 0.3) is 0 Å². The number of carboxylic acids is 1. The van der Waals surface area contributed by atoms with E-state index in [9.17, 15) is 9.59 Å². The number of hydrogen-bond donors (Lipinski definition) is 2. The molecule has 0 aromatic heterocycles. The van der Waals surface area contributed by atoms with Crippen molar-refractivity contribution >= 4 is 11.9 Å². The molecule has 0 aliphatic carbocycles. The largest absolute Gasteiger partial charge is 0.481 e. The van der Waals surface area contributed by atoms with E-state index in [0.29, 0.717) is 38.7 Å². The van der Waals surface area contributed by atoms with Crippen LogP contribution in [0.5, 0.6) is 0 Å². The second-order valence-electron chi connectivity index (χ2n) is 4.77. The van der Waals surface area contributed by atoms with Gasteiger partial charge in [-0.05, 0) is 32.1 Å². The maximum atomic E-state index is 11.8. The molecule has 0 aromatic rings. The number of esters is 1. The predicted octanol–water partition coefficient (Wildman–Crippen LogP) is 0.962. The lowest BCUT2D eigenvalue weighted by Crippen LogP contribution is -2.20. The standard InChI is InChI=1S/C13H22O6/c14-6-3-4-10(8-11-9-19-11)13(17)18-7-2-1-5-12(15)16/h10-11,14H,1-9H2,(H,15,16). The highest BCUT2D eigenvalue weighted by molar-refractivity contribution is 5.72. The number of unbranched alkanes of at least 4 members (excludes halogenated alkanes) is 1. The van der Waals surface area contributed by atoms with Gasteiger partial charge in [0, 0.05) is 13.0 Å². The van der Waals surface area contributed by atoms with Crippen LogP contribution in [0.15, 0.2) is 0 Å². The van der Waals surface area contributed by atoms with Gasteiger partial charge in [-0.25, -0.2) is 0 Å². The fourth-order valence-electron chi connectivity index (χ4n) is 1.86. The molecule has 2 unspecified atom stereocenters. The van der Waals surface area contributed by atoms with E-state index in [2.05, 4.69) is 0 Å². The van der Waals surface area contributed by atoms with Crippen LogP contribution >= 0.6 is 0 Å². The summed E-state index contributed by atoms with van der Waals surface area (Å²) >= 11 is 0. The first-order valence-corrected chi connectivity index (χ1v) is 6.74. The SMILES string of the molecule is O=C(O)CCCCOC(=O)C(CCCO)CC1CO1. The Bertz CT molecular complexity index is 287. The van der Waals surface area contributed by atoms with Crippen molar-refractivity contribution in [2.75, 3.05) is 19.8 Å². The van der Waals surface area contributed by atoms with Crippen molar-refractivity contribution in [2.45, 2.75) is 44.6 Å². The van der Waals surface area contributed by atoms with E-state index in [1.807, 2.05) is 0 Å². The first-order chi connectivity index (χ1) is 9.13. The Kier molecular flexibility index (Phi) is 7.43. The first-order valence-electron chi connectivity index (χ1n) is 6.74. The van der Waals surface area contributed by atoms with Gasteiger partial charge in [0.05, 0.1) is 25.2 Å². The minimum atomic E-state index is -0.835. The van der Waals surface area contributed by atoms with Crippen molar-refractivity contribution < 1.29 is 29.3 Å². The Labute approximate surface area is 112 Å². The van der Waals surface area contributed by atoms with Crippen LogP contribution in [0, 0.1) is 5.92 Å². The number of carboxylic acid groups (broad SMARTS) is 1. The maximum Gasteiger partial charge on any atom is 0.309 e. The molecule has 6 heteroatoms. The lowest BCUT2D eigenvalue weighted by atomic mass is 9.98. The van der Waals surface area contributed by atoms with Crippen LogP contribution in [0.2, 0.25) is 0 Å². The van der Waals surface area contributed by atoms with E-state index in [1.165, 1.54) is 0 Å².